The first-order chi connectivity index (χ1) is 9.20. The molecule has 0 aromatic heterocycles. The number of aliphatic hydroxyl groups excluding tert-OH is 3. The molecule has 0 aliphatic carbocycles. The molecule has 1 fully saturated rings. The minimum atomic E-state index is -0.982. The molecular weight excluding hydrogens is 248 g/mol. The van der Waals surface area contributed by atoms with E-state index < -0.39 is 24.4 Å². The zero-order valence-corrected chi connectivity index (χ0v) is 11.6. The second-order valence-electron chi connectivity index (χ2n) is 4.82. The maximum atomic E-state index is 9.68. The standard InChI is InChI=1S/C14H26O5/c1-2-3-4-5-6-7-8-18-12(9-15)14-13(17)11(16)10-19-14/h3-4,11-17H,2,5-10H2,1H3/b4-3+/t11-,12+,13+,14+/m0/s1. The lowest BCUT2D eigenvalue weighted by Gasteiger charge is -2.24. The molecule has 1 saturated heterocycles. The van der Waals surface area contributed by atoms with Crippen molar-refractivity contribution in [2.75, 3.05) is 19.8 Å². The molecule has 1 heterocycles. The summed E-state index contributed by atoms with van der Waals surface area (Å²) in [6.07, 6.45) is 5.24. The number of unbranched alkanes of at least 4 members (excludes halogenated alkanes) is 2. The summed E-state index contributed by atoms with van der Waals surface area (Å²) >= 11 is 0. The Balaban J connectivity index is 2.17. The number of rotatable bonds is 9. The summed E-state index contributed by atoms with van der Waals surface area (Å²) in [5, 5.41) is 28.3. The summed E-state index contributed by atoms with van der Waals surface area (Å²) in [5.41, 5.74) is 0. The van der Waals surface area contributed by atoms with Crippen LogP contribution in [0.2, 0.25) is 0 Å². The zero-order valence-electron chi connectivity index (χ0n) is 11.6. The van der Waals surface area contributed by atoms with Crippen LogP contribution in [0.1, 0.15) is 32.6 Å². The molecule has 3 N–H and O–H groups in total. The highest BCUT2D eigenvalue weighted by molar-refractivity contribution is 4.88. The number of aliphatic hydroxyl groups is 3. The SMILES string of the molecule is CC/C=C/CCCCO[C@H](CO)[C@H]1OC[C@H](O)[C@H]1O. The van der Waals surface area contributed by atoms with E-state index >= 15 is 0 Å². The maximum absolute atomic E-state index is 9.68. The van der Waals surface area contributed by atoms with Crippen molar-refractivity contribution in [3.8, 4) is 0 Å². The highest BCUT2D eigenvalue weighted by atomic mass is 16.6. The molecule has 19 heavy (non-hydrogen) atoms. The van der Waals surface area contributed by atoms with Crippen LogP contribution in [-0.2, 0) is 9.47 Å². The lowest BCUT2D eigenvalue weighted by atomic mass is 10.1. The predicted molar refractivity (Wildman–Crippen MR) is 71.9 cm³/mol. The van der Waals surface area contributed by atoms with E-state index in [4.69, 9.17) is 9.47 Å². The topological polar surface area (TPSA) is 79.2 Å². The Morgan fingerprint density at radius 3 is 2.68 bits per heavy atom. The molecule has 0 amide bonds. The van der Waals surface area contributed by atoms with Gasteiger partial charge in [-0.25, -0.2) is 0 Å². The normalized spacial score (nSPS) is 29.2. The molecule has 0 aromatic carbocycles. The van der Waals surface area contributed by atoms with Crippen molar-refractivity contribution >= 4 is 0 Å². The molecule has 0 saturated carbocycles. The van der Waals surface area contributed by atoms with Gasteiger partial charge in [0.25, 0.3) is 0 Å². The van der Waals surface area contributed by atoms with Crippen LogP contribution in [0, 0.1) is 0 Å². The van der Waals surface area contributed by atoms with Crippen molar-refractivity contribution in [3.63, 3.8) is 0 Å². The Morgan fingerprint density at radius 2 is 2.11 bits per heavy atom. The van der Waals surface area contributed by atoms with Gasteiger partial charge in [0.2, 0.25) is 0 Å². The summed E-state index contributed by atoms with van der Waals surface area (Å²) in [4.78, 5) is 0. The molecule has 112 valence electrons. The van der Waals surface area contributed by atoms with Gasteiger partial charge in [-0.15, -0.1) is 0 Å². The highest BCUT2D eigenvalue weighted by Crippen LogP contribution is 2.19. The van der Waals surface area contributed by atoms with Crippen molar-refractivity contribution in [2.24, 2.45) is 0 Å². The molecule has 1 aliphatic heterocycles. The third-order valence-electron chi connectivity index (χ3n) is 3.24. The second-order valence-corrected chi connectivity index (χ2v) is 4.82. The highest BCUT2D eigenvalue weighted by Gasteiger charge is 2.40. The van der Waals surface area contributed by atoms with E-state index in [0.29, 0.717) is 6.61 Å². The molecule has 5 nitrogen and oxygen atoms in total. The molecule has 0 radical (unpaired) electrons. The molecule has 4 atom stereocenters. The van der Waals surface area contributed by atoms with Crippen LogP contribution in [-0.4, -0.2) is 59.6 Å². The van der Waals surface area contributed by atoms with Crippen molar-refractivity contribution in [1.82, 2.24) is 0 Å². The van der Waals surface area contributed by atoms with Gasteiger partial charge >= 0.3 is 0 Å². The summed E-state index contributed by atoms with van der Waals surface area (Å²) in [6.45, 7) is 2.50. The smallest absolute Gasteiger partial charge is 0.114 e. The Labute approximate surface area is 114 Å². The Kier molecular flexibility index (Phi) is 8.25. The minimum absolute atomic E-state index is 0.0908. The van der Waals surface area contributed by atoms with E-state index in [1.54, 1.807) is 0 Å². The van der Waals surface area contributed by atoms with E-state index in [2.05, 4.69) is 19.1 Å². The van der Waals surface area contributed by atoms with Crippen LogP contribution in [0.25, 0.3) is 0 Å². The summed E-state index contributed by atoms with van der Waals surface area (Å²) in [6, 6.07) is 0. The van der Waals surface area contributed by atoms with E-state index in [0.717, 1.165) is 25.7 Å². The Hall–Kier alpha value is -0.460. The lowest BCUT2D eigenvalue weighted by molar-refractivity contribution is -0.101. The van der Waals surface area contributed by atoms with Crippen molar-refractivity contribution in [3.05, 3.63) is 12.2 Å². The first-order valence-electron chi connectivity index (χ1n) is 7.05. The van der Waals surface area contributed by atoms with Crippen molar-refractivity contribution in [1.29, 1.82) is 0 Å². The fourth-order valence-corrected chi connectivity index (χ4v) is 2.09. The molecule has 5 heteroatoms. The lowest BCUT2D eigenvalue weighted by Crippen LogP contribution is -2.42. The number of hydrogen-bond acceptors (Lipinski definition) is 5. The summed E-state index contributed by atoms with van der Waals surface area (Å²) in [5.74, 6) is 0. The van der Waals surface area contributed by atoms with Crippen LogP contribution in [0.5, 0.6) is 0 Å². The number of hydrogen-bond donors (Lipinski definition) is 3. The fraction of sp³-hybridized carbons (Fsp3) is 0.857. The van der Waals surface area contributed by atoms with Gasteiger partial charge in [-0.2, -0.15) is 0 Å². The largest absolute Gasteiger partial charge is 0.394 e. The predicted octanol–water partition coefficient (Wildman–Crippen LogP) is 0.621. The van der Waals surface area contributed by atoms with Gasteiger partial charge in [-0.1, -0.05) is 19.1 Å². The first-order valence-corrected chi connectivity index (χ1v) is 7.05. The second kappa shape index (κ2) is 9.44. The molecule has 0 bridgehead atoms. The van der Waals surface area contributed by atoms with Crippen LogP contribution in [0.15, 0.2) is 12.2 Å². The number of allylic oxidation sites excluding steroid dienone is 2. The van der Waals surface area contributed by atoms with Crippen LogP contribution in [0.4, 0.5) is 0 Å². The van der Waals surface area contributed by atoms with Gasteiger partial charge in [0.05, 0.1) is 13.2 Å². The molecule has 0 aromatic rings. The van der Waals surface area contributed by atoms with Crippen LogP contribution in [0.3, 0.4) is 0 Å². The Morgan fingerprint density at radius 1 is 1.32 bits per heavy atom. The Bertz CT molecular complexity index is 256. The molecule has 1 aliphatic rings. The quantitative estimate of drug-likeness (QED) is 0.424. The fourth-order valence-electron chi connectivity index (χ4n) is 2.09. The van der Waals surface area contributed by atoms with E-state index in [9.17, 15) is 15.3 Å². The van der Waals surface area contributed by atoms with Crippen molar-refractivity contribution in [2.45, 2.75) is 57.0 Å². The summed E-state index contributed by atoms with van der Waals surface area (Å²) in [7, 11) is 0. The van der Waals surface area contributed by atoms with Crippen molar-refractivity contribution < 1.29 is 24.8 Å². The molecule has 1 rings (SSSR count). The van der Waals surface area contributed by atoms with Crippen LogP contribution < -0.4 is 0 Å². The van der Waals surface area contributed by atoms with E-state index in [-0.39, 0.29) is 13.2 Å². The molecular formula is C14H26O5. The average molecular weight is 274 g/mol. The van der Waals surface area contributed by atoms with Gasteiger partial charge in [-0.3, -0.25) is 0 Å². The first kappa shape index (κ1) is 16.6. The van der Waals surface area contributed by atoms with E-state index in [1.807, 2.05) is 0 Å². The molecule has 0 unspecified atom stereocenters. The van der Waals surface area contributed by atoms with Crippen LogP contribution >= 0.6 is 0 Å². The van der Waals surface area contributed by atoms with E-state index in [1.165, 1.54) is 0 Å². The molecule has 0 spiro atoms. The van der Waals surface area contributed by atoms with Gasteiger partial charge in [0, 0.05) is 6.61 Å². The third-order valence-corrected chi connectivity index (χ3v) is 3.24. The van der Waals surface area contributed by atoms with Gasteiger partial charge in [-0.05, 0) is 25.7 Å². The third kappa shape index (κ3) is 5.58. The monoisotopic (exact) mass is 274 g/mol. The maximum Gasteiger partial charge on any atom is 0.114 e. The minimum Gasteiger partial charge on any atom is -0.394 e. The van der Waals surface area contributed by atoms with Gasteiger partial charge in [0.1, 0.15) is 24.4 Å². The van der Waals surface area contributed by atoms with Gasteiger partial charge in [0.15, 0.2) is 0 Å². The number of ether oxygens (including phenoxy) is 2. The average Bonchev–Trinajstić information content (AvgIpc) is 2.74. The zero-order chi connectivity index (χ0) is 14.1. The summed E-state index contributed by atoms with van der Waals surface area (Å²) < 4.78 is 10.8. The van der Waals surface area contributed by atoms with Gasteiger partial charge < -0.3 is 24.8 Å².